The lowest BCUT2D eigenvalue weighted by Gasteiger charge is -2.32. The first kappa shape index (κ1) is 38.7. The smallest absolute Gasteiger partial charge is 0.0540 e. The third-order valence-corrected chi connectivity index (χ3v) is 15.4. The first-order valence-corrected chi connectivity index (χ1v) is 23.5. The lowest BCUT2D eigenvalue weighted by molar-refractivity contribution is 0.445. The van der Waals surface area contributed by atoms with Crippen molar-refractivity contribution in [1.29, 1.82) is 0 Å². The van der Waals surface area contributed by atoms with Gasteiger partial charge in [0.1, 0.15) is 0 Å². The van der Waals surface area contributed by atoms with Crippen LogP contribution in [0.25, 0.3) is 55.3 Å². The molecule has 0 amide bonds. The average Bonchev–Trinajstić information content (AvgIpc) is 3.75. The van der Waals surface area contributed by atoms with Gasteiger partial charge in [0.2, 0.25) is 0 Å². The summed E-state index contributed by atoms with van der Waals surface area (Å²) in [5, 5.41) is 2.73. The van der Waals surface area contributed by atoms with E-state index >= 15 is 0 Å². The Kier molecular flexibility index (Phi) is 9.13. The first-order valence-electron chi connectivity index (χ1n) is 23.5. The molecule has 9 aromatic rings. The zero-order valence-electron chi connectivity index (χ0n) is 37.1. The molecule has 12 rings (SSSR count). The van der Waals surface area contributed by atoms with Gasteiger partial charge in [-0.1, -0.05) is 197 Å². The molecule has 0 heterocycles. The Balaban J connectivity index is 1.04. The highest BCUT2D eigenvalue weighted by Crippen LogP contribution is 2.55. The molecule has 0 N–H and O–H groups in total. The molecular weight excluding hydrogens is 771 g/mol. The number of hydrogen-bond donors (Lipinski definition) is 0. The minimum Gasteiger partial charge on any atom is -0.310 e. The molecular formula is C63H53N. The zero-order valence-corrected chi connectivity index (χ0v) is 37.1. The molecule has 0 radical (unpaired) electrons. The van der Waals surface area contributed by atoms with Crippen LogP contribution in [-0.4, -0.2) is 0 Å². The molecule has 1 fully saturated rings. The topological polar surface area (TPSA) is 3.24 Å². The molecule has 0 aromatic heterocycles. The molecule has 0 saturated heterocycles. The Morgan fingerprint density at radius 1 is 0.406 bits per heavy atom. The van der Waals surface area contributed by atoms with E-state index in [1.54, 1.807) is 0 Å². The summed E-state index contributed by atoms with van der Waals surface area (Å²) in [5.41, 5.74) is 21.8. The van der Waals surface area contributed by atoms with Crippen molar-refractivity contribution in [3.63, 3.8) is 0 Å². The van der Waals surface area contributed by atoms with Crippen molar-refractivity contribution in [2.45, 2.75) is 69.6 Å². The fraction of sp³-hybridized carbons (Fsp3) is 0.175. The summed E-state index contributed by atoms with van der Waals surface area (Å²) in [6.45, 7) is 7.15. The van der Waals surface area contributed by atoms with Gasteiger partial charge >= 0.3 is 0 Å². The molecule has 9 aromatic carbocycles. The molecule has 64 heavy (non-hydrogen) atoms. The first-order chi connectivity index (χ1) is 31.4. The second kappa shape index (κ2) is 15.1. The highest BCUT2D eigenvalue weighted by atomic mass is 15.1. The van der Waals surface area contributed by atoms with Crippen LogP contribution in [0.2, 0.25) is 0 Å². The van der Waals surface area contributed by atoms with Crippen LogP contribution in [0.4, 0.5) is 17.1 Å². The second-order valence-corrected chi connectivity index (χ2v) is 19.2. The SMILES string of the molecule is CC1(C)c2ccccc2-c2ccc(-c3ccc(N(c4ccc5c(c4)C(C)(c4ccccc4)c4ccccc4-5)c4ccccc4-c4cccc5cccc(C6CCCCC6)c45)cc3)cc21. The van der Waals surface area contributed by atoms with Crippen molar-refractivity contribution >= 4 is 27.8 Å². The van der Waals surface area contributed by atoms with E-state index in [2.05, 4.69) is 226 Å². The molecule has 0 aliphatic heterocycles. The fourth-order valence-corrected chi connectivity index (χ4v) is 12.1. The molecule has 3 aliphatic rings. The summed E-state index contributed by atoms with van der Waals surface area (Å²) in [6, 6.07) is 75.8. The van der Waals surface area contributed by atoms with Crippen LogP contribution in [-0.2, 0) is 10.8 Å². The van der Waals surface area contributed by atoms with Gasteiger partial charge in [-0.15, -0.1) is 0 Å². The maximum atomic E-state index is 2.53. The molecule has 3 aliphatic carbocycles. The summed E-state index contributed by atoms with van der Waals surface area (Å²) in [6.07, 6.45) is 6.49. The van der Waals surface area contributed by atoms with Crippen LogP contribution < -0.4 is 4.90 Å². The van der Waals surface area contributed by atoms with Crippen LogP contribution in [0.15, 0.2) is 200 Å². The number of anilines is 3. The lowest BCUT2D eigenvalue weighted by atomic mass is 9.74. The van der Waals surface area contributed by atoms with E-state index in [0.717, 1.165) is 11.4 Å². The Bertz CT molecular complexity index is 3230. The minimum atomic E-state index is -0.316. The number of para-hydroxylation sites is 1. The minimum absolute atomic E-state index is 0.0532. The van der Waals surface area contributed by atoms with Crippen LogP contribution in [0, 0.1) is 0 Å². The molecule has 1 atom stereocenters. The number of nitrogens with zero attached hydrogens (tertiary/aromatic N) is 1. The van der Waals surface area contributed by atoms with E-state index in [-0.39, 0.29) is 10.8 Å². The Labute approximate surface area is 378 Å². The summed E-state index contributed by atoms with van der Waals surface area (Å²) in [7, 11) is 0. The van der Waals surface area contributed by atoms with E-state index in [9.17, 15) is 0 Å². The van der Waals surface area contributed by atoms with Gasteiger partial charge in [0.25, 0.3) is 0 Å². The molecule has 0 bridgehead atoms. The largest absolute Gasteiger partial charge is 0.310 e. The van der Waals surface area contributed by atoms with Crippen molar-refractivity contribution in [2.75, 3.05) is 4.90 Å². The van der Waals surface area contributed by atoms with Crippen LogP contribution in [0.3, 0.4) is 0 Å². The number of benzene rings is 9. The normalized spacial score (nSPS) is 17.1. The quantitative estimate of drug-likeness (QED) is 0.155. The van der Waals surface area contributed by atoms with Gasteiger partial charge in [-0.25, -0.2) is 0 Å². The summed E-state index contributed by atoms with van der Waals surface area (Å²) in [5.74, 6) is 0.586. The molecule has 1 unspecified atom stereocenters. The number of rotatable bonds is 7. The molecule has 1 saturated carbocycles. The standard InChI is InChI=1S/C63H53N/c1-62(2)56-29-13-10-24-50(56)52-38-34-45(40-58(52)62)42-32-35-47(36-33-42)64(48-37-39-53-51-25-11-14-30-57(51)63(3,59(53)41-48)46-22-8-5-9-23-46)60-31-15-12-26-54(60)55-28-17-21-44-20-16-27-49(61(44)55)43-18-6-4-7-19-43/h5,8-17,20-41,43H,4,6-7,18-19H2,1-3H3. The van der Waals surface area contributed by atoms with Gasteiger partial charge < -0.3 is 4.90 Å². The van der Waals surface area contributed by atoms with Crippen molar-refractivity contribution in [3.05, 3.63) is 234 Å². The Hall–Kier alpha value is -6.96. The van der Waals surface area contributed by atoms with Crippen molar-refractivity contribution in [2.24, 2.45) is 0 Å². The van der Waals surface area contributed by atoms with Crippen LogP contribution in [0.1, 0.15) is 92.2 Å². The molecule has 1 nitrogen and oxygen atoms in total. The van der Waals surface area contributed by atoms with Crippen molar-refractivity contribution in [1.82, 2.24) is 0 Å². The van der Waals surface area contributed by atoms with E-state index in [1.807, 2.05) is 0 Å². The Morgan fingerprint density at radius 2 is 0.984 bits per heavy atom. The van der Waals surface area contributed by atoms with E-state index in [0.29, 0.717) is 5.92 Å². The van der Waals surface area contributed by atoms with Crippen LogP contribution in [0.5, 0.6) is 0 Å². The Morgan fingerprint density at radius 3 is 1.77 bits per heavy atom. The van der Waals surface area contributed by atoms with Gasteiger partial charge in [-0.05, 0) is 145 Å². The van der Waals surface area contributed by atoms with Gasteiger partial charge in [0, 0.05) is 27.8 Å². The van der Waals surface area contributed by atoms with E-state index < -0.39 is 0 Å². The van der Waals surface area contributed by atoms with Crippen molar-refractivity contribution in [3.8, 4) is 44.5 Å². The van der Waals surface area contributed by atoms with Gasteiger partial charge in [-0.3, -0.25) is 0 Å². The fourth-order valence-electron chi connectivity index (χ4n) is 12.1. The monoisotopic (exact) mass is 823 g/mol. The zero-order chi connectivity index (χ0) is 43.0. The summed E-state index contributed by atoms with van der Waals surface area (Å²) < 4.78 is 0. The predicted octanol–water partition coefficient (Wildman–Crippen LogP) is 17.3. The predicted molar refractivity (Wildman–Crippen MR) is 270 cm³/mol. The third kappa shape index (κ3) is 5.97. The molecule has 310 valence electrons. The maximum Gasteiger partial charge on any atom is 0.0540 e. The lowest BCUT2D eigenvalue weighted by Crippen LogP contribution is -2.22. The highest BCUT2D eigenvalue weighted by molar-refractivity contribution is 6.03. The molecule has 0 spiro atoms. The number of fused-ring (bicyclic) bond motifs is 7. The summed E-state index contributed by atoms with van der Waals surface area (Å²) in [4.78, 5) is 2.53. The summed E-state index contributed by atoms with van der Waals surface area (Å²) >= 11 is 0. The molecule has 1 heteroatoms. The van der Waals surface area contributed by atoms with Gasteiger partial charge in [-0.2, -0.15) is 0 Å². The second-order valence-electron chi connectivity index (χ2n) is 19.2. The highest BCUT2D eigenvalue weighted by Gasteiger charge is 2.41. The van der Waals surface area contributed by atoms with Crippen LogP contribution >= 0.6 is 0 Å². The third-order valence-electron chi connectivity index (χ3n) is 15.4. The van der Waals surface area contributed by atoms with E-state index in [1.165, 1.54) is 126 Å². The number of hydrogen-bond acceptors (Lipinski definition) is 1. The average molecular weight is 824 g/mol. The van der Waals surface area contributed by atoms with Gasteiger partial charge in [0.05, 0.1) is 5.69 Å². The van der Waals surface area contributed by atoms with Gasteiger partial charge in [0.15, 0.2) is 0 Å². The maximum absolute atomic E-state index is 2.53. The van der Waals surface area contributed by atoms with E-state index in [4.69, 9.17) is 0 Å². The van der Waals surface area contributed by atoms with Crippen molar-refractivity contribution < 1.29 is 0 Å².